The normalized spacial score (nSPS) is 11.4. The van der Waals surface area contributed by atoms with Gasteiger partial charge in [0.2, 0.25) is 0 Å². The molecule has 0 fully saturated rings. The van der Waals surface area contributed by atoms with Crippen molar-refractivity contribution in [3.8, 4) is 0 Å². The molecular formula is C18H17NO4S2. The van der Waals surface area contributed by atoms with Gasteiger partial charge in [0.05, 0.1) is 24.2 Å². The van der Waals surface area contributed by atoms with Crippen molar-refractivity contribution in [1.29, 1.82) is 0 Å². The molecule has 0 spiro atoms. The maximum atomic E-state index is 13.0. The lowest BCUT2D eigenvalue weighted by Gasteiger charge is -2.21. The first-order chi connectivity index (χ1) is 11.9. The van der Waals surface area contributed by atoms with Crippen LogP contribution in [0.1, 0.15) is 21.0 Å². The lowest BCUT2D eigenvalue weighted by molar-refractivity contribution is 0.0719. The van der Waals surface area contributed by atoms with Crippen LogP contribution in [0.15, 0.2) is 69.5 Å². The first-order valence-electron chi connectivity index (χ1n) is 7.57. The molecule has 130 valence electrons. The van der Waals surface area contributed by atoms with Gasteiger partial charge in [0.15, 0.2) is 9.84 Å². The number of carbonyl (C=O) groups is 1. The number of hydrogen-bond acceptors (Lipinski definition) is 5. The highest BCUT2D eigenvalue weighted by molar-refractivity contribution is 7.90. The van der Waals surface area contributed by atoms with E-state index >= 15 is 0 Å². The van der Waals surface area contributed by atoms with Gasteiger partial charge in [-0.1, -0.05) is 12.1 Å². The van der Waals surface area contributed by atoms with Gasteiger partial charge in [-0.15, -0.1) is 11.3 Å². The minimum absolute atomic E-state index is 0.132. The smallest absolute Gasteiger partial charge is 0.254 e. The van der Waals surface area contributed by atoms with Gasteiger partial charge in [-0.2, -0.15) is 0 Å². The topological polar surface area (TPSA) is 67.6 Å². The van der Waals surface area contributed by atoms with Gasteiger partial charge in [-0.05, 0) is 41.8 Å². The fourth-order valence-electron chi connectivity index (χ4n) is 2.42. The number of carbonyl (C=O) groups excluding carboxylic acids is 1. The quantitative estimate of drug-likeness (QED) is 0.660. The lowest BCUT2D eigenvalue weighted by atomic mass is 10.2. The molecule has 3 rings (SSSR count). The van der Waals surface area contributed by atoms with Crippen molar-refractivity contribution in [3.05, 3.63) is 76.4 Å². The number of amides is 1. The van der Waals surface area contributed by atoms with Crippen LogP contribution in [0, 0.1) is 0 Å². The van der Waals surface area contributed by atoms with Crippen molar-refractivity contribution in [1.82, 2.24) is 4.90 Å². The molecule has 0 aliphatic rings. The fourth-order valence-corrected chi connectivity index (χ4v) is 3.81. The molecule has 0 unspecified atom stereocenters. The Balaban J connectivity index is 1.90. The molecule has 25 heavy (non-hydrogen) atoms. The van der Waals surface area contributed by atoms with E-state index in [-0.39, 0.29) is 10.8 Å². The SMILES string of the molecule is CS(=O)(=O)c1cccc(C(=O)N(Cc2ccco2)Cc2cccs2)c1. The minimum Gasteiger partial charge on any atom is -0.467 e. The zero-order valence-corrected chi connectivity index (χ0v) is 15.2. The first-order valence-corrected chi connectivity index (χ1v) is 10.3. The van der Waals surface area contributed by atoms with Crippen molar-refractivity contribution < 1.29 is 17.6 Å². The highest BCUT2D eigenvalue weighted by atomic mass is 32.2. The second-order valence-electron chi connectivity index (χ2n) is 5.62. The molecule has 7 heteroatoms. The van der Waals surface area contributed by atoms with E-state index in [0.717, 1.165) is 11.1 Å². The largest absolute Gasteiger partial charge is 0.467 e. The summed E-state index contributed by atoms with van der Waals surface area (Å²) in [5, 5.41) is 1.95. The van der Waals surface area contributed by atoms with Gasteiger partial charge in [0.1, 0.15) is 5.76 Å². The molecule has 0 atom stereocenters. The van der Waals surface area contributed by atoms with Crippen LogP contribution in [0.2, 0.25) is 0 Å². The molecule has 2 heterocycles. The molecule has 0 bridgehead atoms. The Morgan fingerprint density at radius 2 is 1.96 bits per heavy atom. The average molecular weight is 375 g/mol. The van der Waals surface area contributed by atoms with Gasteiger partial charge in [-0.3, -0.25) is 4.79 Å². The lowest BCUT2D eigenvalue weighted by Crippen LogP contribution is -2.29. The standard InChI is InChI=1S/C18H17NO4S2/c1-25(21,22)17-8-2-5-14(11-17)18(20)19(12-15-6-3-9-23-15)13-16-7-4-10-24-16/h2-11H,12-13H2,1H3. The molecule has 0 N–H and O–H groups in total. The van der Waals surface area contributed by atoms with E-state index in [2.05, 4.69) is 0 Å². The van der Waals surface area contributed by atoms with E-state index < -0.39 is 9.84 Å². The van der Waals surface area contributed by atoms with Crippen LogP contribution < -0.4 is 0 Å². The summed E-state index contributed by atoms with van der Waals surface area (Å²) in [6, 6.07) is 13.6. The van der Waals surface area contributed by atoms with E-state index in [9.17, 15) is 13.2 Å². The summed E-state index contributed by atoms with van der Waals surface area (Å²) in [6.45, 7) is 0.743. The van der Waals surface area contributed by atoms with Crippen molar-refractivity contribution in [2.24, 2.45) is 0 Å². The Morgan fingerprint density at radius 3 is 2.60 bits per heavy atom. The second-order valence-corrected chi connectivity index (χ2v) is 8.67. The number of sulfone groups is 1. The fraction of sp³-hybridized carbons (Fsp3) is 0.167. The van der Waals surface area contributed by atoms with Crippen LogP contribution in [-0.2, 0) is 22.9 Å². The molecule has 2 aromatic heterocycles. The number of rotatable bonds is 6. The van der Waals surface area contributed by atoms with Gasteiger partial charge < -0.3 is 9.32 Å². The molecular weight excluding hydrogens is 358 g/mol. The van der Waals surface area contributed by atoms with Crippen LogP contribution in [0.4, 0.5) is 0 Å². The number of furan rings is 1. The van der Waals surface area contributed by atoms with E-state index in [0.29, 0.717) is 24.4 Å². The van der Waals surface area contributed by atoms with E-state index in [1.807, 2.05) is 23.6 Å². The van der Waals surface area contributed by atoms with Crippen LogP contribution in [0.5, 0.6) is 0 Å². The summed E-state index contributed by atoms with van der Waals surface area (Å²) < 4.78 is 28.9. The predicted octanol–water partition coefficient (Wildman–Crippen LogP) is 3.59. The maximum absolute atomic E-state index is 13.0. The predicted molar refractivity (Wildman–Crippen MR) is 96.2 cm³/mol. The summed E-state index contributed by atoms with van der Waals surface area (Å²) in [4.78, 5) is 15.8. The molecule has 5 nitrogen and oxygen atoms in total. The molecule has 1 aromatic carbocycles. The third kappa shape index (κ3) is 4.37. The van der Waals surface area contributed by atoms with E-state index in [4.69, 9.17) is 4.42 Å². The third-order valence-corrected chi connectivity index (χ3v) is 5.62. The molecule has 0 aliphatic heterocycles. The van der Waals surface area contributed by atoms with E-state index in [1.165, 1.54) is 12.1 Å². The van der Waals surface area contributed by atoms with Gasteiger partial charge in [0.25, 0.3) is 5.91 Å². The summed E-state index contributed by atoms with van der Waals surface area (Å²) in [5.74, 6) is 0.430. The van der Waals surface area contributed by atoms with Crippen LogP contribution in [-0.4, -0.2) is 25.5 Å². The molecule has 0 aliphatic carbocycles. The van der Waals surface area contributed by atoms with Crippen molar-refractivity contribution >= 4 is 27.1 Å². The van der Waals surface area contributed by atoms with Crippen LogP contribution in [0.25, 0.3) is 0 Å². The molecule has 3 aromatic rings. The number of thiophene rings is 1. The molecule has 0 saturated carbocycles. The zero-order chi connectivity index (χ0) is 17.9. The highest BCUT2D eigenvalue weighted by Gasteiger charge is 2.20. The second kappa shape index (κ2) is 7.25. The Labute approximate surface area is 150 Å². The molecule has 0 saturated heterocycles. The zero-order valence-electron chi connectivity index (χ0n) is 13.6. The Bertz CT molecular complexity index is 909. The Morgan fingerprint density at radius 1 is 1.12 bits per heavy atom. The third-order valence-electron chi connectivity index (χ3n) is 3.65. The summed E-state index contributed by atoms with van der Waals surface area (Å²) in [7, 11) is -3.37. The van der Waals surface area contributed by atoms with E-state index in [1.54, 1.807) is 40.7 Å². The maximum Gasteiger partial charge on any atom is 0.254 e. The van der Waals surface area contributed by atoms with Gasteiger partial charge >= 0.3 is 0 Å². The monoisotopic (exact) mass is 375 g/mol. The summed E-state index contributed by atoms with van der Waals surface area (Å²) in [5.41, 5.74) is 0.339. The number of hydrogen-bond donors (Lipinski definition) is 0. The van der Waals surface area contributed by atoms with Crippen molar-refractivity contribution in [2.45, 2.75) is 18.0 Å². The summed E-state index contributed by atoms with van der Waals surface area (Å²) >= 11 is 1.56. The molecule has 1 amide bonds. The van der Waals surface area contributed by atoms with Crippen molar-refractivity contribution in [3.63, 3.8) is 0 Å². The van der Waals surface area contributed by atoms with Gasteiger partial charge in [0, 0.05) is 16.7 Å². The average Bonchev–Trinajstić information content (AvgIpc) is 3.27. The van der Waals surface area contributed by atoms with Gasteiger partial charge in [-0.25, -0.2) is 8.42 Å². The molecule has 0 radical (unpaired) electrons. The number of benzene rings is 1. The minimum atomic E-state index is -3.37. The van der Waals surface area contributed by atoms with Crippen LogP contribution in [0.3, 0.4) is 0 Å². The number of nitrogens with zero attached hydrogens (tertiary/aromatic N) is 1. The summed E-state index contributed by atoms with van der Waals surface area (Å²) in [6.07, 6.45) is 2.69. The first kappa shape index (κ1) is 17.4. The van der Waals surface area contributed by atoms with Crippen molar-refractivity contribution in [2.75, 3.05) is 6.26 Å². The van der Waals surface area contributed by atoms with Crippen LogP contribution >= 0.6 is 11.3 Å². The Hall–Kier alpha value is -2.38. The highest BCUT2D eigenvalue weighted by Crippen LogP contribution is 2.19. The Kier molecular flexibility index (Phi) is 5.06.